The Hall–Kier alpha value is -4.06. The van der Waals surface area contributed by atoms with E-state index < -0.39 is 17.8 Å². The second kappa shape index (κ2) is 7.90. The molecule has 2 aromatic carbocycles. The first-order chi connectivity index (χ1) is 13.8. The van der Waals surface area contributed by atoms with E-state index in [2.05, 4.69) is 21.3 Å². The van der Waals surface area contributed by atoms with Crippen LogP contribution in [0.5, 0.6) is 0 Å². The Morgan fingerprint density at radius 1 is 1.07 bits per heavy atom. The number of halogens is 3. The molecule has 6 nitrogen and oxygen atoms in total. The van der Waals surface area contributed by atoms with Gasteiger partial charge in [-0.1, -0.05) is 24.6 Å². The second-order valence-corrected chi connectivity index (χ2v) is 5.85. The molecule has 1 aromatic heterocycles. The van der Waals surface area contributed by atoms with Crippen molar-refractivity contribution >= 4 is 23.4 Å². The van der Waals surface area contributed by atoms with Crippen molar-refractivity contribution in [3.8, 4) is 23.6 Å². The maximum absolute atomic E-state index is 12.9. The van der Waals surface area contributed by atoms with Crippen molar-refractivity contribution in [2.24, 2.45) is 0 Å². The molecule has 0 unspecified atom stereocenters. The predicted molar refractivity (Wildman–Crippen MR) is 104 cm³/mol. The summed E-state index contributed by atoms with van der Waals surface area (Å²) in [6, 6.07) is 12.4. The van der Waals surface area contributed by atoms with Crippen molar-refractivity contribution < 1.29 is 18.0 Å². The van der Waals surface area contributed by atoms with Crippen molar-refractivity contribution in [1.29, 1.82) is 0 Å². The second-order valence-electron chi connectivity index (χ2n) is 5.85. The van der Waals surface area contributed by atoms with Crippen LogP contribution in [-0.4, -0.2) is 16.0 Å². The number of nitrogen functional groups attached to an aromatic ring is 1. The molecular formula is C20H14F3N5O. The minimum Gasteiger partial charge on any atom is -0.368 e. The number of carbonyl (C=O) groups is 1. The Labute approximate surface area is 164 Å². The molecule has 3 aromatic rings. The van der Waals surface area contributed by atoms with E-state index in [1.807, 2.05) is 0 Å². The van der Waals surface area contributed by atoms with Crippen LogP contribution in [0.4, 0.5) is 35.3 Å². The maximum atomic E-state index is 12.9. The van der Waals surface area contributed by atoms with Crippen LogP contribution in [0.2, 0.25) is 0 Å². The van der Waals surface area contributed by atoms with Crippen LogP contribution in [0.15, 0.2) is 60.9 Å². The monoisotopic (exact) mass is 397 g/mol. The number of carbonyl (C=O) groups excluding carboxylic acids is 1. The van der Waals surface area contributed by atoms with Gasteiger partial charge in [0.15, 0.2) is 0 Å². The summed E-state index contributed by atoms with van der Waals surface area (Å²) in [5, 5.41) is 2.37. The first-order valence-electron chi connectivity index (χ1n) is 8.20. The molecule has 0 fully saturated rings. The highest BCUT2D eigenvalue weighted by molar-refractivity contribution is 6.04. The van der Waals surface area contributed by atoms with E-state index >= 15 is 0 Å². The van der Waals surface area contributed by atoms with Gasteiger partial charge < -0.3 is 11.1 Å². The van der Waals surface area contributed by atoms with Gasteiger partial charge in [-0.15, -0.1) is 0 Å². The third-order valence-corrected chi connectivity index (χ3v) is 3.88. The normalized spacial score (nSPS) is 10.8. The zero-order valence-corrected chi connectivity index (χ0v) is 14.8. The number of rotatable bonds is 3. The van der Waals surface area contributed by atoms with Gasteiger partial charge in [0, 0.05) is 29.7 Å². The third-order valence-electron chi connectivity index (χ3n) is 3.88. The Kier molecular flexibility index (Phi) is 5.36. The maximum Gasteiger partial charge on any atom is 0.416 e. The molecule has 2 amide bonds. The summed E-state index contributed by atoms with van der Waals surface area (Å²) in [7, 11) is 0. The van der Waals surface area contributed by atoms with Crippen LogP contribution in [0, 0.1) is 12.5 Å². The number of nitrogens with one attached hydrogen (secondary N) is 1. The highest BCUT2D eigenvalue weighted by atomic mass is 19.4. The lowest BCUT2D eigenvalue weighted by Gasteiger charge is -2.18. The van der Waals surface area contributed by atoms with Crippen molar-refractivity contribution in [3.05, 3.63) is 66.5 Å². The van der Waals surface area contributed by atoms with Gasteiger partial charge >= 0.3 is 12.2 Å². The summed E-state index contributed by atoms with van der Waals surface area (Å²) in [4.78, 5) is 21.3. The fourth-order valence-corrected chi connectivity index (χ4v) is 2.51. The van der Waals surface area contributed by atoms with E-state index in [1.54, 1.807) is 24.3 Å². The Morgan fingerprint density at radius 2 is 1.76 bits per heavy atom. The lowest BCUT2D eigenvalue weighted by Crippen LogP contribution is -2.30. The summed E-state index contributed by atoms with van der Waals surface area (Å²) in [5.41, 5.74) is 6.22. The minimum atomic E-state index is -4.53. The van der Waals surface area contributed by atoms with E-state index in [-0.39, 0.29) is 11.6 Å². The number of nitrogens with zero attached hydrogens (tertiary/aromatic N) is 3. The molecule has 0 atom stereocenters. The van der Waals surface area contributed by atoms with Gasteiger partial charge in [0.2, 0.25) is 5.95 Å². The third kappa shape index (κ3) is 4.62. The van der Waals surface area contributed by atoms with Crippen molar-refractivity contribution in [1.82, 2.24) is 9.97 Å². The van der Waals surface area contributed by atoms with Crippen LogP contribution < -0.4 is 16.0 Å². The Bertz CT molecular complexity index is 1070. The molecule has 0 aliphatic heterocycles. The number of nitrogens with two attached hydrogens (primary N) is 1. The number of amides is 2. The first-order valence-corrected chi connectivity index (χ1v) is 8.20. The summed E-state index contributed by atoms with van der Waals surface area (Å²) in [5.74, 6) is 0.121. The fraction of sp³-hybridized carbons (Fsp3) is 0.0500. The Morgan fingerprint density at radius 3 is 2.41 bits per heavy atom. The number of alkyl halides is 3. The molecule has 0 aliphatic carbocycles. The van der Waals surface area contributed by atoms with E-state index in [4.69, 9.17) is 12.2 Å². The van der Waals surface area contributed by atoms with E-state index in [0.717, 1.165) is 17.0 Å². The smallest absolute Gasteiger partial charge is 0.368 e. The van der Waals surface area contributed by atoms with Gasteiger partial charge in [0.05, 0.1) is 11.3 Å². The van der Waals surface area contributed by atoms with Crippen LogP contribution in [0.1, 0.15) is 5.56 Å². The van der Waals surface area contributed by atoms with E-state index in [0.29, 0.717) is 16.8 Å². The summed E-state index contributed by atoms with van der Waals surface area (Å²) in [6.07, 6.45) is 3.97. The number of benzene rings is 2. The summed E-state index contributed by atoms with van der Waals surface area (Å²) < 4.78 is 38.6. The number of urea groups is 1. The molecular weight excluding hydrogens is 383 g/mol. The average Bonchev–Trinajstić information content (AvgIpc) is 2.69. The number of hydrogen-bond donors (Lipinski definition) is 2. The molecule has 146 valence electrons. The molecule has 29 heavy (non-hydrogen) atoms. The van der Waals surface area contributed by atoms with Gasteiger partial charge in [-0.05, 0) is 35.9 Å². The number of aromatic nitrogens is 2. The molecule has 0 bridgehead atoms. The topological polar surface area (TPSA) is 84.1 Å². The first kappa shape index (κ1) is 19.7. The highest BCUT2D eigenvalue weighted by Gasteiger charge is 2.30. The van der Waals surface area contributed by atoms with Crippen LogP contribution in [-0.2, 0) is 6.18 Å². The van der Waals surface area contributed by atoms with Gasteiger partial charge in [-0.2, -0.15) is 13.2 Å². The largest absolute Gasteiger partial charge is 0.416 e. The molecule has 9 heteroatoms. The van der Waals surface area contributed by atoms with Crippen LogP contribution >= 0.6 is 0 Å². The average molecular weight is 397 g/mol. The lowest BCUT2D eigenvalue weighted by atomic mass is 10.1. The molecule has 0 saturated carbocycles. The number of terminal acetylenes is 1. The summed E-state index contributed by atoms with van der Waals surface area (Å²) in [6.45, 7) is 0. The van der Waals surface area contributed by atoms with Crippen molar-refractivity contribution in [3.63, 3.8) is 0 Å². The molecule has 1 heterocycles. The predicted octanol–water partition coefficient (Wildman–Crippen LogP) is 4.37. The van der Waals surface area contributed by atoms with Gasteiger partial charge in [0.25, 0.3) is 0 Å². The Balaban J connectivity index is 1.85. The molecule has 0 aliphatic rings. The number of hydrogen-bond acceptors (Lipinski definition) is 4. The quantitative estimate of drug-likeness (QED) is 0.508. The molecule has 0 spiro atoms. The van der Waals surface area contributed by atoms with Crippen LogP contribution in [0.25, 0.3) is 11.1 Å². The highest BCUT2D eigenvalue weighted by Crippen LogP contribution is 2.31. The van der Waals surface area contributed by atoms with Gasteiger partial charge in [0.1, 0.15) is 0 Å². The molecule has 0 saturated heterocycles. The molecule has 3 rings (SSSR count). The summed E-state index contributed by atoms with van der Waals surface area (Å²) >= 11 is 0. The van der Waals surface area contributed by atoms with Crippen molar-refractivity contribution in [2.45, 2.75) is 6.18 Å². The van der Waals surface area contributed by atoms with Crippen LogP contribution in [0.3, 0.4) is 0 Å². The number of anilines is 3. The van der Waals surface area contributed by atoms with Crippen molar-refractivity contribution in [2.75, 3.05) is 16.0 Å². The molecule has 3 N–H and O–H groups in total. The standard InChI is InChI=1S/C20H14F3N5O/c1-2-28(19(29)27-16-7-4-6-15(10-16)20(21,22)23)17-8-3-5-13(9-17)14-11-25-18(24)26-12-14/h1,3-12H,(H,27,29)(H2,24,25,26). The zero-order valence-electron chi connectivity index (χ0n) is 14.8. The minimum absolute atomic E-state index is 0.0341. The molecule has 0 radical (unpaired) electrons. The zero-order chi connectivity index (χ0) is 21.0. The van der Waals surface area contributed by atoms with Gasteiger partial charge in [-0.25, -0.2) is 19.7 Å². The van der Waals surface area contributed by atoms with E-state index in [9.17, 15) is 18.0 Å². The fourth-order valence-electron chi connectivity index (χ4n) is 2.51. The van der Waals surface area contributed by atoms with E-state index in [1.165, 1.54) is 24.5 Å². The SMILES string of the molecule is C#CN(C(=O)Nc1cccc(C(F)(F)F)c1)c1cccc(-c2cnc(N)nc2)c1. The lowest BCUT2D eigenvalue weighted by molar-refractivity contribution is -0.137. The van der Waals surface area contributed by atoms with Gasteiger partial charge in [-0.3, -0.25) is 0 Å².